The molecule has 102 valence electrons. The third-order valence-electron chi connectivity index (χ3n) is 2.31. The molecular formula is C11H18N2O4S. The summed E-state index contributed by atoms with van der Waals surface area (Å²) in [6, 6.07) is 2.41. The van der Waals surface area contributed by atoms with Crippen LogP contribution in [0.25, 0.3) is 0 Å². The van der Waals surface area contributed by atoms with E-state index >= 15 is 0 Å². The van der Waals surface area contributed by atoms with Gasteiger partial charge in [0.15, 0.2) is 0 Å². The lowest BCUT2D eigenvalue weighted by Crippen LogP contribution is -2.42. The fraction of sp³-hybridized carbons (Fsp3) is 0.545. The molecule has 0 fully saturated rings. The number of aromatic nitrogens is 1. The lowest BCUT2D eigenvalue weighted by Gasteiger charge is -2.27. The van der Waals surface area contributed by atoms with Crippen LogP contribution in [0.5, 0.6) is 0 Å². The molecule has 0 radical (unpaired) electrons. The summed E-state index contributed by atoms with van der Waals surface area (Å²) in [7, 11) is -3.70. The van der Waals surface area contributed by atoms with Crippen molar-refractivity contribution in [2.75, 3.05) is 13.1 Å². The van der Waals surface area contributed by atoms with Crippen LogP contribution in [-0.2, 0) is 10.0 Å². The quantitative estimate of drug-likeness (QED) is 0.800. The maximum absolute atomic E-state index is 12.2. The van der Waals surface area contributed by atoms with Gasteiger partial charge in [0.2, 0.25) is 15.6 Å². The molecular weight excluding hydrogens is 256 g/mol. The molecule has 0 spiro atoms. The normalized spacial score (nSPS) is 12.9. The summed E-state index contributed by atoms with van der Waals surface area (Å²) in [5.41, 5.74) is -1.48. The van der Waals surface area contributed by atoms with Crippen molar-refractivity contribution in [3.63, 3.8) is 0 Å². The molecule has 6 nitrogen and oxygen atoms in total. The molecule has 0 saturated carbocycles. The SMILES string of the molecule is CCN(CC(C)(C)O)S(=O)(=O)c1ccc(=O)[nH]c1. The van der Waals surface area contributed by atoms with Crippen molar-refractivity contribution in [3.8, 4) is 0 Å². The van der Waals surface area contributed by atoms with Crippen molar-refractivity contribution in [1.29, 1.82) is 0 Å². The Balaban J connectivity index is 3.11. The molecule has 0 atom stereocenters. The number of sulfonamides is 1. The predicted octanol–water partition coefficient (Wildman–Crippen LogP) is 0.156. The van der Waals surface area contributed by atoms with Crippen LogP contribution in [0.2, 0.25) is 0 Å². The first-order valence-electron chi connectivity index (χ1n) is 5.58. The van der Waals surface area contributed by atoms with E-state index in [9.17, 15) is 18.3 Å². The van der Waals surface area contributed by atoms with E-state index in [4.69, 9.17) is 0 Å². The van der Waals surface area contributed by atoms with Crippen molar-refractivity contribution in [2.45, 2.75) is 31.3 Å². The first kappa shape index (κ1) is 14.9. The van der Waals surface area contributed by atoms with Crippen molar-refractivity contribution in [2.24, 2.45) is 0 Å². The number of rotatable bonds is 5. The Bertz CT molecular complexity index is 537. The van der Waals surface area contributed by atoms with E-state index in [2.05, 4.69) is 4.98 Å². The van der Waals surface area contributed by atoms with E-state index in [-0.39, 0.29) is 23.5 Å². The zero-order valence-electron chi connectivity index (χ0n) is 10.7. The Morgan fingerprint density at radius 3 is 2.39 bits per heavy atom. The molecule has 0 saturated heterocycles. The zero-order chi connectivity index (χ0) is 14.0. The van der Waals surface area contributed by atoms with Gasteiger partial charge in [-0.3, -0.25) is 4.79 Å². The Morgan fingerprint density at radius 2 is 2.00 bits per heavy atom. The number of hydrogen-bond acceptors (Lipinski definition) is 4. The monoisotopic (exact) mass is 274 g/mol. The van der Waals surface area contributed by atoms with Crippen molar-refractivity contribution < 1.29 is 13.5 Å². The van der Waals surface area contributed by atoms with Gasteiger partial charge >= 0.3 is 0 Å². The van der Waals surface area contributed by atoms with E-state index < -0.39 is 15.6 Å². The number of H-pyrrole nitrogens is 1. The van der Waals surface area contributed by atoms with Crippen LogP contribution in [0.3, 0.4) is 0 Å². The van der Waals surface area contributed by atoms with Gasteiger partial charge < -0.3 is 10.1 Å². The van der Waals surface area contributed by atoms with Gasteiger partial charge in [-0.15, -0.1) is 0 Å². The number of nitrogens with one attached hydrogen (secondary N) is 1. The Morgan fingerprint density at radius 1 is 1.39 bits per heavy atom. The second kappa shape index (κ2) is 5.21. The molecule has 0 amide bonds. The second-order valence-corrected chi connectivity index (χ2v) is 6.57. The topological polar surface area (TPSA) is 90.5 Å². The molecule has 0 aliphatic carbocycles. The van der Waals surface area contributed by atoms with E-state index in [1.54, 1.807) is 6.92 Å². The molecule has 1 rings (SSSR count). The van der Waals surface area contributed by atoms with Gasteiger partial charge in [-0.1, -0.05) is 6.92 Å². The molecule has 0 aromatic carbocycles. The Labute approximate surface area is 106 Å². The maximum atomic E-state index is 12.2. The van der Waals surface area contributed by atoms with Crippen LogP contribution < -0.4 is 5.56 Å². The van der Waals surface area contributed by atoms with Crippen LogP contribution >= 0.6 is 0 Å². The molecule has 0 unspecified atom stereocenters. The van der Waals surface area contributed by atoms with E-state index in [0.717, 1.165) is 12.3 Å². The van der Waals surface area contributed by atoms with Crippen molar-refractivity contribution in [1.82, 2.24) is 9.29 Å². The van der Waals surface area contributed by atoms with Crippen LogP contribution in [0.1, 0.15) is 20.8 Å². The van der Waals surface area contributed by atoms with Gasteiger partial charge in [-0.05, 0) is 19.9 Å². The number of pyridine rings is 1. The molecule has 0 aliphatic heterocycles. The van der Waals surface area contributed by atoms with Crippen LogP contribution in [0, 0.1) is 0 Å². The van der Waals surface area contributed by atoms with Crippen molar-refractivity contribution in [3.05, 3.63) is 28.7 Å². The highest BCUT2D eigenvalue weighted by Gasteiger charge is 2.28. The van der Waals surface area contributed by atoms with Gasteiger partial charge in [0, 0.05) is 25.4 Å². The molecule has 1 aromatic heterocycles. The molecule has 18 heavy (non-hydrogen) atoms. The van der Waals surface area contributed by atoms with E-state index in [1.165, 1.54) is 24.2 Å². The second-order valence-electron chi connectivity index (χ2n) is 4.63. The summed E-state index contributed by atoms with van der Waals surface area (Å²) in [4.78, 5) is 13.2. The largest absolute Gasteiger partial charge is 0.389 e. The molecule has 7 heteroatoms. The summed E-state index contributed by atoms with van der Waals surface area (Å²) in [6.07, 6.45) is 1.16. The third-order valence-corrected chi connectivity index (χ3v) is 4.23. The summed E-state index contributed by atoms with van der Waals surface area (Å²) in [5, 5.41) is 9.71. The highest BCUT2D eigenvalue weighted by atomic mass is 32.2. The first-order valence-corrected chi connectivity index (χ1v) is 7.02. The minimum Gasteiger partial charge on any atom is -0.389 e. The third kappa shape index (κ3) is 3.66. The van der Waals surface area contributed by atoms with Crippen LogP contribution in [-0.4, -0.2) is 41.5 Å². The first-order chi connectivity index (χ1) is 8.16. The number of likely N-dealkylation sites (N-methyl/N-ethyl adjacent to an activating group) is 1. The van der Waals surface area contributed by atoms with E-state index in [0.29, 0.717) is 0 Å². The summed E-state index contributed by atoms with van der Waals surface area (Å²) < 4.78 is 25.7. The van der Waals surface area contributed by atoms with Crippen molar-refractivity contribution >= 4 is 10.0 Å². The number of aromatic amines is 1. The Hall–Kier alpha value is -1.18. The maximum Gasteiger partial charge on any atom is 0.247 e. The lowest BCUT2D eigenvalue weighted by molar-refractivity contribution is 0.0601. The van der Waals surface area contributed by atoms with Crippen LogP contribution in [0.15, 0.2) is 28.0 Å². The minimum absolute atomic E-state index is 0.00759. The van der Waals surface area contributed by atoms with Gasteiger partial charge in [0.05, 0.1) is 10.5 Å². The number of aliphatic hydroxyl groups is 1. The summed E-state index contributed by atoms with van der Waals surface area (Å²) >= 11 is 0. The standard InChI is InChI=1S/C11H18N2O4S/c1-4-13(8-11(2,3)15)18(16,17)9-5-6-10(14)12-7-9/h5-7,15H,4,8H2,1-3H3,(H,12,14). The molecule has 2 N–H and O–H groups in total. The Kier molecular flexibility index (Phi) is 4.31. The van der Waals surface area contributed by atoms with Gasteiger partial charge in [-0.2, -0.15) is 4.31 Å². The lowest BCUT2D eigenvalue weighted by atomic mass is 10.1. The number of nitrogens with zero attached hydrogens (tertiary/aromatic N) is 1. The minimum atomic E-state index is -3.70. The summed E-state index contributed by atoms with van der Waals surface area (Å²) in [5.74, 6) is 0. The smallest absolute Gasteiger partial charge is 0.247 e. The highest BCUT2D eigenvalue weighted by molar-refractivity contribution is 7.89. The number of hydrogen-bond donors (Lipinski definition) is 2. The predicted molar refractivity (Wildman–Crippen MR) is 67.8 cm³/mol. The molecule has 1 heterocycles. The average molecular weight is 274 g/mol. The fourth-order valence-corrected chi connectivity index (χ4v) is 3.08. The van der Waals surface area contributed by atoms with Crippen LogP contribution in [0.4, 0.5) is 0 Å². The molecule has 0 bridgehead atoms. The highest BCUT2D eigenvalue weighted by Crippen LogP contribution is 2.16. The fourth-order valence-electron chi connectivity index (χ4n) is 1.50. The molecule has 0 aliphatic rings. The molecule has 1 aromatic rings. The summed E-state index contributed by atoms with van der Waals surface area (Å²) in [6.45, 7) is 5.00. The average Bonchev–Trinajstić information content (AvgIpc) is 2.25. The van der Waals surface area contributed by atoms with Gasteiger partial charge in [-0.25, -0.2) is 8.42 Å². The van der Waals surface area contributed by atoms with E-state index in [1.807, 2.05) is 0 Å². The van der Waals surface area contributed by atoms with Gasteiger partial charge in [0.1, 0.15) is 0 Å². The van der Waals surface area contributed by atoms with Gasteiger partial charge in [0.25, 0.3) is 0 Å². The zero-order valence-corrected chi connectivity index (χ0v) is 11.5.